The van der Waals surface area contributed by atoms with Crippen molar-refractivity contribution in [2.45, 2.75) is 89.9 Å². The molecule has 0 heterocycles. The molecule has 0 amide bonds. The van der Waals surface area contributed by atoms with Crippen LogP contribution in [0.3, 0.4) is 0 Å². The van der Waals surface area contributed by atoms with Crippen LogP contribution >= 0.6 is 0 Å². The number of carbonyl (C=O) groups excluding carboxylic acids is 1. The van der Waals surface area contributed by atoms with Crippen molar-refractivity contribution in [2.75, 3.05) is 6.61 Å². The molecule has 4 rings (SSSR count). The molecule has 2 saturated carbocycles. The highest BCUT2D eigenvalue weighted by molar-refractivity contribution is 5.91. The molecule has 0 N–H and O–H groups in total. The molecule has 0 saturated heterocycles. The predicted octanol–water partition coefficient (Wildman–Crippen LogP) is 9.27. The van der Waals surface area contributed by atoms with Crippen LogP contribution in [0.15, 0.2) is 55.1 Å². The minimum absolute atomic E-state index is 0.237. The summed E-state index contributed by atoms with van der Waals surface area (Å²) in [5, 5.41) is 0. The van der Waals surface area contributed by atoms with Gasteiger partial charge in [-0.1, -0.05) is 70.6 Å². The highest BCUT2D eigenvalue weighted by Gasteiger charge is 2.36. The van der Waals surface area contributed by atoms with Gasteiger partial charge in [0.1, 0.15) is 23.9 Å². The summed E-state index contributed by atoms with van der Waals surface area (Å²) in [4.78, 5) is 12.6. The number of hydrogen-bond donors (Lipinski definition) is 0. The maximum atomic E-state index is 15.2. The molecule has 37 heavy (non-hydrogen) atoms. The average Bonchev–Trinajstić information content (AvgIpc) is 2.92. The predicted molar refractivity (Wildman–Crippen MR) is 148 cm³/mol. The van der Waals surface area contributed by atoms with Gasteiger partial charge in [0.25, 0.3) is 0 Å². The molecule has 3 nitrogen and oxygen atoms in total. The highest BCUT2D eigenvalue weighted by atomic mass is 19.1. The van der Waals surface area contributed by atoms with Gasteiger partial charge in [-0.3, -0.25) is 0 Å². The van der Waals surface area contributed by atoms with Crippen LogP contribution in [0.2, 0.25) is 0 Å². The first-order chi connectivity index (χ1) is 18.1. The summed E-state index contributed by atoms with van der Waals surface area (Å²) >= 11 is 0. The average molecular weight is 507 g/mol. The molecule has 2 aliphatic rings. The van der Waals surface area contributed by atoms with E-state index in [-0.39, 0.29) is 17.3 Å². The van der Waals surface area contributed by atoms with Crippen molar-refractivity contribution in [2.24, 2.45) is 17.8 Å². The zero-order valence-electron chi connectivity index (χ0n) is 22.4. The van der Waals surface area contributed by atoms with Crippen molar-refractivity contribution in [1.82, 2.24) is 0 Å². The Balaban J connectivity index is 1.28. The third-order valence-electron chi connectivity index (χ3n) is 8.52. The number of benzene rings is 2. The van der Waals surface area contributed by atoms with Gasteiger partial charge in [-0.2, -0.15) is 0 Å². The molecular weight excluding hydrogens is 463 g/mol. The number of halogens is 1. The van der Waals surface area contributed by atoms with Gasteiger partial charge in [-0.25, -0.2) is 9.18 Å². The Hall–Kier alpha value is -2.62. The first kappa shape index (κ1) is 27.4. The Bertz CT molecular complexity index is 1010. The van der Waals surface area contributed by atoms with E-state index < -0.39 is 5.97 Å². The maximum Gasteiger partial charge on any atom is 0.343 e. The van der Waals surface area contributed by atoms with E-state index in [1.807, 2.05) is 6.07 Å². The third-order valence-corrected chi connectivity index (χ3v) is 8.52. The Kier molecular flexibility index (Phi) is 10.2. The van der Waals surface area contributed by atoms with Crippen LogP contribution < -0.4 is 9.47 Å². The fraction of sp³-hybridized carbons (Fsp3) is 0.545. The summed E-state index contributed by atoms with van der Waals surface area (Å²) in [6.45, 7) is 6.30. The molecule has 0 radical (unpaired) electrons. The van der Waals surface area contributed by atoms with Gasteiger partial charge in [-0.05, 0) is 97.7 Å². The molecule has 0 aromatic heterocycles. The summed E-state index contributed by atoms with van der Waals surface area (Å²) in [6, 6.07) is 11.7. The van der Waals surface area contributed by atoms with Gasteiger partial charge < -0.3 is 9.47 Å². The van der Waals surface area contributed by atoms with Crippen LogP contribution in [-0.4, -0.2) is 12.6 Å². The maximum absolute atomic E-state index is 15.2. The number of rotatable bonds is 12. The van der Waals surface area contributed by atoms with Crippen molar-refractivity contribution in [1.29, 1.82) is 0 Å². The fourth-order valence-electron chi connectivity index (χ4n) is 6.48. The summed E-state index contributed by atoms with van der Waals surface area (Å²) in [6.07, 6.45) is 17.3. The van der Waals surface area contributed by atoms with Crippen LogP contribution in [0, 0.1) is 23.6 Å². The lowest BCUT2D eigenvalue weighted by Crippen LogP contribution is -2.30. The van der Waals surface area contributed by atoms with E-state index in [2.05, 4.69) is 13.5 Å². The van der Waals surface area contributed by atoms with Gasteiger partial charge in [0.2, 0.25) is 0 Å². The van der Waals surface area contributed by atoms with Crippen molar-refractivity contribution in [3.05, 3.63) is 72.1 Å². The molecule has 4 heteroatoms. The largest absolute Gasteiger partial charge is 0.490 e. The SMILES string of the molecule is C=CCOc1ccc(OC(=O)c2ccc(C3CC[C@H]4C[C@@H](CCCCCCC)CC[C@@H]4C3)c(F)c2)cc1. The van der Waals surface area contributed by atoms with Crippen LogP contribution in [-0.2, 0) is 0 Å². The topological polar surface area (TPSA) is 35.5 Å². The smallest absolute Gasteiger partial charge is 0.343 e. The minimum Gasteiger partial charge on any atom is -0.490 e. The van der Waals surface area contributed by atoms with Gasteiger partial charge in [-0.15, -0.1) is 0 Å². The van der Waals surface area contributed by atoms with Crippen molar-refractivity contribution >= 4 is 5.97 Å². The van der Waals surface area contributed by atoms with E-state index in [1.54, 1.807) is 36.4 Å². The molecule has 0 bridgehead atoms. The van der Waals surface area contributed by atoms with E-state index in [0.717, 1.165) is 36.2 Å². The normalized spacial score (nSPS) is 23.2. The van der Waals surface area contributed by atoms with Crippen molar-refractivity contribution in [3.63, 3.8) is 0 Å². The molecule has 2 aromatic rings. The lowest BCUT2D eigenvalue weighted by atomic mass is 9.63. The second-order valence-corrected chi connectivity index (χ2v) is 11.1. The number of unbranched alkanes of at least 4 members (excludes halogenated alkanes) is 4. The van der Waals surface area contributed by atoms with Gasteiger partial charge in [0.15, 0.2) is 0 Å². The molecule has 0 aliphatic heterocycles. The van der Waals surface area contributed by atoms with E-state index >= 15 is 4.39 Å². The van der Waals surface area contributed by atoms with Crippen LogP contribution in [0.25, 0.3) is 0 Å². The van der Waals surface area contributed by atoms with E-state index in [1.165, 1.54) is 70.3 Å². The molecular formula is C33H43FO3. The summed E-state index contributed by atoms with van der Waals surface area (Å²) in [5.41, 5.74) is 0.998. The van der Waals surface area contributed by atoms with Crippen molar-refractivity contribution in [3.8, 4) is 11.5 Å². The molecule has 1 unspecified atom stereocenters. The molecule has 2 fully saturated rings. The first-order valence-electron chi connectivity index (χ1n) is 14.4. The van der Waals surface area contributed by atoms with Gasteiger partial charge in [0.05, 0.1) is 5.56 Å². The fourth-order valence-corrected chi connectivity index (χ4v) is 6.48. The lowest BCUT2D eigenvalue weighted by Gasteiger charge is -2.42. The molecule has 4 atom stereocenters. The molecule has 2 aromatic carbocycles. The Labute approximate surface area is 222 Å². The summed E-state index contributed by atoms with van der Waals surface area (Å²) in [7, 11) is 0. The summed E-state index contributed by atoms with van der Waals surface area (Å²) < 4.78 is 26.1. The number of fused-ring (bicyclic) bond motifs is 1. The van der Waals surface area contributed by atoms with Crippen LogP contribution in [0.4, 0.5) is 4.39 Å². The molecule has 2 aliphatic carbocycles. The Morgan fingerprint density at radius 2 is 1.68 bits per heavy atom. The zero-order chi connectivity index (χ0) is 26.0. The summed E-state index contributed by atoms with van der Waals surface area (Å²) in [5.74, 6) is 2.91. The zero-order valence-corrected chi connectivity index (χ0v) is 22.4. The minimum atomic E-state index is -0.554. The third kappa shape index (κ3) is 7.69. The Morgan fingerprint density at radius 3 is 2.43 bits per heavy atom. The van der Waals surface area contributed by atoms with E-state index in [4.69, 9.17) is 9.47 Å². The van der Waals surface area contributed by atoms with Crippen LogP contribution in [0.5, 0.6) is 11.5 Å². The number of ether oxygens (including phenoxy) is 2. The standard InChI is InChI=1S/C33H43FO3/c1-3-5-6-7-8-9-24-10-11-26-22-27(13-12-25(26)21-24)31-19-14-28(23-32(31)34)33(35)37-30-17-15-29(16-18-30)36-20-4-2/h4,14-19,23-27H,2-3,5-13,20-22H2,1H3/t24-,25-,26+,27?/m0/s1. The lowest BCUT2D eigenvalue weighted by molar-refractivity contribution is 0.0734. The van der Waals surface area contributed by atoms with Crippen LogP contribution in [0.1, 0.15) is 106 Å². The Morgan fingerprint density at radius 1 is 0.946 bits per heavy atom. The number of esters is 1. The number of carbonyl (C=O) groups is 1. The monoisotopic (exact) mass is 506 g/mol. The van der Waals surface area contributed by atoms with E-state index in [9.17, 15) is 4.79 Å². The second-order valence-electron chi connectivity index (χ2n) is 11.1. The quantitative estimate of drug-likeness (QED) is 0.124. The van der Waals surface area contributed by atoms with Crippen molar-refractivity contribution < 1.29 is 18.7 Å². The van der Waals surface area contributed by atoms with Gasteiger partial charge in [0, 0.05) is 0 Å². The van der Waals surface area contributed by atoms with E-state index in [0.29, 0.717) is 18.1 Å². The first-order valence-corrected chi connectivity index (χ1v) is 14.4. The molecule has 200 valence electrons. The second kappa shape index (κ2) is 13.8. The highest BCUT2D eigenvalue weighted by Crippen LogP contribution is 2.48. The van der Waals surface area contributed by atoms with Gasteiger partial charge >= 0.3 is 5.97 Å². The number of hydrogen-bond acceptors (Lipinski definition) is 3. The molecule has 0 spiro atoms.